The summed E-state index contributed by atoms with van der Waals surface area (Å²) in [4.78, 5) is 18.2. The first-order chi connectivity index (χ1) is 10.5. The van der Waals surface area contributed by atoms with Gasteiger partial charge in [0.1, 0.15) is 0 Å². The summed E-state index contributed by atoms with van der Waals surface area (Å²) in [5, 5.41) is 3.21. The molecule has 1 saturated heterocycles. The zero-order valence-electron chi connectivity index (χ0n) is 14.6. The number of nitrogens with one attached hydrogen (secondary N) is 1. The average molecular weight is 310 g/mol. The fraction of sp³-hybridized carbons (Fsp3) is 0.882. The second-order valence-corrected chi connectivity index (χ2v) is 6.83. The molecule has 0 saturated carbocycles. The van der Waals surface area contributed by atoms with E-state index in [2.05, 4.69) is 31.1 Å². The molecule has 1 fully saturated rings. The van der Waals surface area contributed by atoms with E-state index in [1.165, 1.54) is 19.3 Å². The lowest BCUT2D eigenvalue weighted by molar-refractivity contribution is -0.131. The molecule has 128 valence electrons. The molecular weight excluding hydrogens is 276 g/mol. The normalized spacial score (nSPS) is 17.6. The minimum Gasteiger partial charge on any atom is -0.370 e. The van der Waals surface area contributed by atoms with E-state index in [1.54, 1.807) is 0 Å². The van der Waals surface area contributed by atoms with Crippen LogP contribution < -0.4 is 11.1 Å². The Balaban J connectivity index is 2.17. The first kappa shape index (κ1) is 18.8. The minimum atomic E-state index is 0.209. The number of carbonyl (C=O) groups excluding carboxylic acids is 1. The van der Waals surface area contributed by atoms with Crippen LogP contribution in [0.25, 0.3) is 0 Å². The van der Waals surface area contributed by atoms with Gasteiger partial charge in [-0.3, -0.25) is 9.79 Å². The highest BCUT2D eigenvalue weighted by molar-refractivity contribution is 5.79. The molecule has 1 amide bonds. The fourth-order valence-corrected chi connectivity index (χ4v) is 2.78. The number of nitrogens with zero attached hydrogens (tertiary/aromatic N) is 2. The van der Waals surface area contributed by atoms with Gasteiger partial charge in [-0.2, -0.15) is 0 Å². The summed E-state index contributed by atoms with van der Waals surface area (Å²) in [5.74, 6) is 1.42. The highest BCUT2D eigenvalue weighted by atomic mass is 16.2. The Morgan fingerprint density at radius 1 is 1.18 bits per heavy atom. The molecule has 5 heteroatoms. The Morgan fingerprint density at radius 3 is 2.50 bits per heavy atom. The largest absolute Gasteiger partial charge is 0.370 e. The summed E-state index contributed by atoms with van der Waals surface area (Å²) < 4.78 is 0. The van der Waals surface area contributed by atoms with Crippen molar-refractivity contribution in [3.63, 3.8) is 0 Å². The molecule has 0 radical (unpaired) electrons. The standard InChI is InChI=1S/C17H34N4O/c1-14(2)8-7-9-15(3)20-17(18)19-11-10-16(22)21-12-5-4-6-13-21/h14-15H,4-13H2,1-3H3,(H3,18,19,20). The Labute approximate surface area is 135 Å². The molecule has 1 rings (SSSR count). The van der Waals surface area contributed by atoms with E-state index >= 15 is 0 Å². The number of hydrogen-bond acceptors (Lipinski definition) is 2. The highest BCUT2D eigenvalue weighted by Gasteiger charge is 2.15. The molecule has 5 nitrogen and oxygen atoms in total. The van der Waals surface area contributed by atoms with Crippen LogP contribution in [0.1, 0.15) is 65.7 Å². The van der Waals surface area contributed by atoms with Gasteiger partial charge >= 0.3 is 0 Å². The number of rotatable bonds is 8. The lowest BCUT2D eigenvalue weighted by Crippen LogP contribution is -2.39. The number of guanidine groups is 1. The summed E-state index contributed by atoms with van der Waals surface area (Å²) in [6, 6.07) is 0.334. The summed E-state index contributed by atoms with van der Waals surface area (Å²) in [7, 11) is 0. The molecule has 1 unspecified atom stereocenters. The van der Waals surface area contributed by atoms with Crippen LogP contribution in [-0.2, 0) is 4.79 Å². The van der Waals surface area contributed by atoms with Crippen LogP contribution in [-0.4, -0.2) is 42.4 Å². The van der Waals surface area contributed by atoms with Crippen molar-refractivity contribution in [1.82, 2.24) is 10.2 Å². The third-order valence-electron chi connectivity index (χ3n) is 4.13. The van der Waals surface area contributed by atoms with Crippen LogP contribution in [0.3, 0.4) is 0 Å². The first-order valence-electron chi connectivity index (χ1n) is 8.83. The first-order valence-corrected chi connectivity index (χ1v) is 8.83. The lowest BCUT2D eigenvalue weighted by atomic mass is 10.0. The van der Waals surface area contributed by atoms with Crippen molar-refractivity contribution in [2.45, 2.75) is 71.8 Å². The van der Waals surface area contributed by atoms with Crippen LogP contribution >= 0.6 is 0 Å². The number of piperidine rings is 1. The highest BCUT2D eigenvalue weighted by Crippen LogP contribution is 2.10. The fourth-order valence-electron chi connectivity index (χ4n) is 2.78. The van der Waals surface area contributed by atoms with Gasteiger partial charge in [0.25, 0.3) is 0 Å². The zero-order chi connectivity index (χ0) is 16.4. The molecular formula is C17H34N4O. The van der Waals surface area contributed by atoms with Crippen LogP contribution in [0.15, 0.2) is 4.99 Å². The van der Waals surface area contributed by atoms with Crippen molar-refractivity contribution in [1.29, 1.82) is 0 Å². The van der Waals surface area contributed by atoms with E-state index in [0.717, 1.165) is 38.3 Å². The Kier molecular flexibility index (Phi) is 8.94. The molecule has 0 bridgehead atoms. The third kappa shape index (κ3) is 8.25. The summed E-state index contributed by atoms with van der Waals surface area (Å²) in [6.07, 6.45) is 7.51. The van der Waals surface area contributed by atoms with Crippen molar-refractivity contribution < 1.29 is 4.79 Å². The van der Waals surface area contributed by atoms with Gasteiger partial charge < -0.3 is 16.0 Å². The third-order valence-corrected chi connectivity index (χ3v) is 4.13. The summed E-state index contributed by atoms with van der Waals surface area (Å²) >= 11 is 0. The lowest BCUT2D eigenvalue weighted by Gasteiger charge is -2.26. The van der Waals surface area contributed by atoms with E-state index in [0.29, 0.717) is 25.0 Å². The molecule has 0 aromatic heterocycles. The van der Waals surface area contributed by atoms with E-state index in [4.69, 9.17) is 5.73 Å². The van der Waals surface area contributed by atoms with Gasteiger partial charge in [0, 0.05) is 25.6 Å². The maximum absolute atomic E-state index is 12.0. The Hall–Kier alpha value is -1.26. The molecule has 0 aromatic rings. The van der Waals surface area contributed by atoms with E-state index in [9.17, 15) is 4.79 Å². The summed E-state index contributed by atoms with van der Waals surface area (Å²) in [5.41, 5.74) is 5.88. The van der Waals surface area contributed by atoms with Gasteiger partial charge in [-0.25, -0.2) is 0 Å². The van der Waals surface area contributed by atoms with Crippen LogP contribution in [0, 0.1) is 5.92 Å². The van der Waals surface area contributed by atoms with E-state index in [1.807, 2.05) is 4.90 Å². The molecule has 0 aromatic carbocycles. The maximum atomic E-state index is 12.0. The van der Waals surface area contributed by atoms with Gasteiger partial charge in [0.2, 0.25) is 5.91 Å². The second kappa shape index (κ2) is 10.5. The number of amides is 1. The van der Waals surface area contributed by atoms with Gasteiger partial charge in [0.05, 0.1) is 6.54 Å². The van der Waals surface area contributed by atoms with Gasteiger partial charge in [-0.1, -0.05) is 26.7 Å². The average Bonchev–Trinajstić information content (AvgIpc) is 2.47. The molecule has 1 heterocycles. The Morgan fingerprint density at radius 2 is 1.86 bits per heavy atom. The maximum Gasteiger partial charge on any atom is 0.224 e. The van der Waals surface area contributed by atoms with Crippen LogP contribution in [0.4, 0.5) is 0 Å². The molecule has 0 aliphatic carbocycles. The van der Waals surface area contributed by atoms with Crippen molar-refractivity contribution in [2.75, 3.05) is 19.6 Å². The Bertz CT molecular complexity index is 349. The predicted molar refractivity (Wildman–Crippen MR) is 92.8 cm³/mol. The quantitative estimate of drug-likeness (QED) is 0.534. The monoisotopic (exact) mass is 310 g/mol. The second-order valence-electron chi connectivity index (χ2n) is 6.83. The van der Waals surface area contributed by atoms with Gasteiger partial charge in [-0.15, -0.1) is 0 Å². The molecule has 0 spiro atoms. The number of carbonyl (C=O) groups is 1. The molecule has 1 aliphatic heterocycles. The van der Waals surface area contributed by atoms with Crippen molar-refractivity contribution in [3.8, 4) is 0 Å². The van der Waals surface area contributed by atoms with Gasteiger partial charge in [0.15, 0.2) is 5.96 Å². The van der Waals surface area contributed by atoms with Crippen molar-refractivity contribution in [3.05, 3.63) is 0 Å². The number of nitrogens with two attached hydrogens (primary N) is 1. The number of hydrogen-bond donors (Lipinski definition) is 2. The smallest absolute Gasteiger partial charge is 0.224 e. The summed E-state index contributed by atoms with van der Waals surface area (Å²) in [6.45, 7) is 8.90. The number of likely N-dealkylation sites (tertiary alicyclic amines) is 1. The molecule has 3 N–H and O–H groups in total. The van der Waals surface area contributed by atoms with Crippen LogP contribution in [0.5, 0.6) is 0 Å². The molecule has 1 aliphatic rings. The van der Waals surface area contributed by atoms with Crippen molar-refractivity contribution >= 4 is 11.9 Å². The molecule has 1 atom stereocenters. The predicted octanol–water partition coefficient (Wildman–Crippen LogP) is 2.51. The minimum absolute atomic E-state index is 0.209. The van der Waals surface area contributed by atoms with E-state index in [-0.39, 0.29) is 5.91 Å². The molecule has 22 heavy (non-hydrogen) atoms. The van der Waals surface area contributed by atoms with Gasteiger partial charge in [-0.05, 0) is 38.5 Å². The zero-order valence-corrected chi connectivity index (χ0v) is 14.6. The SMILES string of the molecule is CC(C)CCCC(C)NC(N)=NCCC(=O)N1CCCCC1. The van der Waals surface area contributed by atoms with Crippen LogP contribution in [0.2, 0.25) is 0 Å². The van der Waals surface area contributed by atoms with E-state index < -0.39 is 0 Å². The topological polar surface area (TPSA) is 70.7 Å². The van der Waals surface area contributed by atoms with Crippen molar-refractivity contribution in [2.24, 2.45) is 16.6 Å². The number of aliphatic imine (C=N–C) groups is 1.